The van der Waals surface area contributed by atoms with Crippen LogP contribution in [0.15, 0.2) is 48.5 Å². The zero-order valence-electron chi connectivity index (χ0n) is 18.6. The van der Waals surface area contributed by atoms with Gasteiger partial charge in [-0.1, -0.05) is 73.0 Å². The maximum atomic E-state index is 13.1. The molecule has 0 radical (unpaired) electrons. The SMILES string of the molecule is CCCCNC(=O)[C@@H](C)N(Cc1ccccc1)C(=O)CSCc1cc(C)cc(C)c1. The number of unbranched alkanes of at least 4 members (excludes halogenated alkanes) is 1. The summed E-state index contributed by atoms with van der Waals surface area (Å²) in [6.45, 7) is 9.17. The topological polar surface area (TPSA) is 49.4 Å². The van der Waals surface area contributed by atoms with Crippen molar-refractivity contribution in [2.24, 2.45) is 0 Å². The third kappa shape index (κ3) is 7.86. The first kappa shape index (κ1) is 24.0. The van der Waals surface area contributed by atoms with Gasteiger partial charge in [-0.25, -0.2) is 0 Å². The van der Waals surface area contributed by atoms with Crippen LogP contribution in [0.4, 0.5) is 0 Å². The van der Waals surface area contributed by atoms with E-state index < -0.39 is 6.04 Å². The average molecular weight is 427 g/mol. The molecule has 0 saturated heterocycles. The first-order chi connectivity index (χ1) is 14.4. The summed E-state index contributed by atoms with van der Waals surface area (Å²) in [5.74, 6) is 1.04. The fourth-order valence-corrected chi connectivity index (χ4v) is 4.24. The van der Waals surface area contributed by atoms with Crippen molar-refractivity contribution in [1.82, 2.24) is 10.2 Å². The van der Waals surface area contributed by atoms with Crippen molar-refractivity contribution in [3.63, 3.8) is 0 Å². The summed E-state index contributed by atoms with van der Waals surface area (Å²) in [5.41, 5.74) is 4.73. The number of hydrogen-bond donors (Lipinski definition) is 1. The van der Waals surface area contributed by atoms with E-state index in [4.69, 9.17) is 0 Å². The van der Waals surface area contributed by atoms with Crippen molar-refractivity contribution < 1.29 is 9.59 Å². The molecule has 1 atom stereocenters. The Labute approximate surface area is 185 Å². The Balaban J connectivity index is 2.02. The lowest BCUT2D eigenvalue weighted by Gasteiger charge is -2.28. The normalized spacial score (nSPS) is 11.7. The van der Waals surface area contributed by atoms with Crippen LogP contribution in [0.3, 0.4) is 0 Å². The largest absolute Gasteiger partial charge is 0.354 e. The van der Waals surface area contributed by atoms with Crippen molar-refractivity contribution in [3.05, 3.63) is 70.8 Å². The van der Waals surface area contributed by atoms with Crippen LogP contribution in [0.5, 0.6) is 0 Å². The van der Waals surface area contributed by atoms with Gasteiger partial charge in [0.25, 0.3) is 0 Å². The molecular weight excluding hydrogens is 392 g/mol. The fraction of sp³-hybridized carbons (Fsp3) is 0.440. The van der Waals surface area contributed by atoms with Crippen molar-refractivity contribution in [1.29, 1.82) is 0 Å². The number of carbonyl (C=O) groups is 2. The van der Waals surface area contributed by atoms with E-state index in [1.54, 1.807) is 16.7 Å². The van der Waals surface area contributed by atoms with Crippen molar-refractivity contribution in [2.45, 2.75) is 58.9 Å². The second kappa shape index (κ2) is 12.4. The molecule has 0 spiro atoms. The molecule has 162 valence electrons. The summed E-state index contributed by atoms with van der Waals surface area (Å²) in [7, 11) is 0. The number of benzene rings is 2. The van der Waals surface area contributed by atoms with E-state index in [9.17, 15) is 9.59 Å². The Morgan fingerprint density at radius 3 is 2.33 bits per heavy atom. The van der Waals surface area contributed by atoms with Crippen LogP contribution in [0.1, 0.15) is 48.9 Å². The van der Waals surface area contributed by atoms with E-state index in [-0.39, 0.29) is 11.8 Å². The highest BCUT2D eigenvalue weighted by Crippen LogP contribution is 2.18. The standard InChI is InChI=1S/C25H34N2O2S/c1-5-6-12-26-25(29)21(4)27(16-22-10-8-7-9-11-22)24(28)18-30-17-23-14-19(2)13-20(3)15-23/h7-11,13-15,21H,5-6,12,16-18H2,1-4H3,(H,26,29)/t21-/m1/s1. The molecule has 0 fully saturated rings. The zero-order valence-corrected chi connectivity index (χ0v) is 19.4. The molecule has 0 aromatic heterocycles. The first-order valence-corrected chi connectivity index (χ1v) is 11.8. The summed E-state index contributed by atoms with van der Waals surface area (Å²) in [6, 6.07) is 15.8. The molecule has 0 aliphatic heterocycles. The third-order valence-electron chi connectivity index (χ3n) is 4.97. The minimum atomic E-state index is -0.503. The summed E-state index contributed by atoms with van der Waals surface area (Å²) in [6.07, 6.45) is 1.97. The Kier molecular flexibility index (Phi) is 9.95. The molecule has 0 aliphatic carbocycles. The quantitative estimate of drug-likeness (QED) is 0.522. The van der Waals surface area contributed by atoms with Crippen molar-refractivity contribution >= 4 is 23.6 Å². The minimum absolute atomic E-state index is 0.00799. The molecule has 2 aromatic rings. The Morgan fingerprint density at radius 1 is 1.03 bits per heavy atom. The molecule has 5 heteroatoms. The predicted molar refractivity (Wildman–Crippen MR) is 126 cm³/mol. The van der Waals surface area contributed by atoms with Crippen molar-refractivity contribution in [2.75, 3.05) is 12.3 Å². The van der Waals surface area contributed by atoms with Gasteiger partial charge in [-0.2, -0.15) is 0 Å². The lowest BCUT2D eigenvalue weighted by molar-refractivity contribution is -0.138. The van der Waals surface area contributed by atoms with E-state index in [1.807, 2.05) is 37.3 Å². The van der Waals surface area contributed by atoms with Crippen LogP contribution < -0.4 is 5.32 Å². The van der Waals surface area contributed by atoms with Gasteiger partial charge in [0.1, 0.15) is 6.04 Å². The fourth-order valence-electron chi connectivity index (χ4n) is 3.39. The molecule has 1 N–H and O–H groups in total. The molecule has 2 aromatic carbocycles. The number of thioether (sulfide) groups is 1. The third-order valence-corrected chi connectivity index (χ3v) is 5.96. The van der Waals surface area contributed by atoms with Crippen LogP contribution in [0, 0.1) is 13.8 Å². The molecule has 0 bridgehead atoms. The van der Waals surface area contributed by atoms with E-state index >= 15 is 0 Å². The van der Waals surface area contributed by atoms with Crippen molar-refractivity contribution in [3.8, 4) is 0 Å². The van der Waals surface area contributed by atoms with Crippen LogP contribution in [0.25, 0.3) is 0 Å². The highest BCUT2D eigenvalue weighted by molar-refractivity contribution is 7.99. The molecule has 2 rings (SSSR count). The van der Waals surface area contributed by atoms with E-state index in [2.05, 4.69) is 44.3 Å². The molecule has 0 unspecified atom stereocenters. The van der Waals surface area contributed by atoms with E-state index in [0.717, 1.165) is 24.2 Å². The summed E-state index contributed by atoms with van der Waals surface area (Å²) in [5, 5.41) is 2.96. The molecule has 0 aliphatic rings. The molecule has 4 nitrogen and oxygen atoms in total. The average Bonchev–Trinajstić information content (AvgIpc) is 2.71. The number of nitrogens with zero attached hydrogens (tertiary/aromatic N) is 1. The van der Waals surface area contributed by atoms with Crippen LogP contribution in [-0.2, 0) is 21.9 Å². The van der Waals surface area contributed by atoms with E-state index in [1.165, 1.54) is 16.7 Å². The second-order valence-corrected chi connectivity index (χ2v) is 8.80. The number of nitrogens with one attached hydrogen (secondary N) is 1. The lowest BCUT2D eigenvalue weighted by Crippen LogP contribution is -2.48. The molecule has 0 saturated carbocycles. The van der Waals surface area contributed by atoms with Gasteiger partial charge in [-0.15, -0.1) is 11.8 Å². The Hall–Kier alpha value is -2.27. The zero-order chi connectivity index (χ0) is 21.9. The molecule has 2 amide bonds. The smallest absolute Gasteiger partial charge is 0.242 e. The predicted octanol–water partition coefficient (Wildman–Crippen LogP) is 4.87. The van der Waals surface area contributed by atoms with Gasteiger partial charge in [0.05, 0.1) is 5.75 Å². The maximum absolute atomic E-state index is 13.1. The van der Waals surface area contributed by atoms with Gasteiger partial charge < -0.3 is 10.2 Å². The maximum Gasteiger partial charge on any atom is 0.242 e. The first-order valence-electron chi connectivity index (χ1n) is 10.7. The number of rotatable bonds is 11. The summed E-state index contributed by atoms with van der Waals surface area (Å²) in [4.78, 5) is 27.4. The van der Waals surface area contributed by atoms with E-state index in [0.29, 0.717) is 18.8 Å². The molecule has 30 heavy (non-hydrogen) atoms. The summed E-state index contributed by atoms with van der Waals surface area (Å²) < 4.78 is 0. The Bertz CT molecular complexity index is 803. The monoisotopic (exact) mass is 426 g/mol. The van der Waals surface area contributed by atoms with Gasteiger partial charge in [-0.05, 0) is 38.3 Å². The number of hydrogen-bond acceptors (Lipinski definition) is 3. The highest BCUT2D eigenvalue weighted by Gasteiger charge is 2.25. The number of aryl methyl sites for hydroxylation is 2. The van der Waals surface area contributed by atoms with Gasteiger partial charge in [0.2, 0.25) is 11.8 Å². The second-order valence-electron chi connectivity index (χ2n) is 7.82. The Morgan fingerprint density at radius 2 is 1.70 bits per heavy atom. The van der Waals surface area contributed by atoms with Crippen LogP contribution in [-0.4, -0.2) is 35.1 Å². The van der Waals surface area contributed by atoms with Gasteiger partial charge in [0, 0.05) is 18.8 Å². The molecular formula is C25H34N2O2S. The highest BCUT2D eigenvalue weighted by atomic mass is 32.2. The number of amides is 2. The van der Waals surface area contributed by atoms with Crippen LogP contribution >= 0.6 is 11.8 Å². The van der Waals surface area contributed by atoms with Gasteiger partial charge in [0.15, 0.2) is 0 Å². The number of carbonyl (C=O) groups excluding carboxylic acids is 2. The van der Waals surface area contributed by atoms with Gasteiger partial charge >= 0.3 is 0 Å². The van der Waals surface area contributed by atoms with Crippen LogP contribution in [0.2, 0.25) is 0 Å². The molecule has 0 heterocycles. The summed E-state index contributed by atoms with van der Waals surface area (Å²) >= 11 is 1.60. The lowest BCUT2D eigenvalue weighted by atomic mass is 10.1. The minimum Gasteiger partial charge on any atom is -0.354 e. The van der Waals surface area contributed by atoms with Gasteiger partial charge in [-0.3, -0.25) is 9.59 Å².